The Bertz CT molecular complexity index is 2100. The number of carbonyl (C=O) groups is 11. The van der Waals surface area contributed by atoms with Crippen molar-refractivity contribution >= 4 is 65.0 Å². The minimum Gasteiger partial charge on any atom is -0.508 e. The molecule has 0 aliphatic rings. The van der Waals surface area contributed by atoms with Gasteiger partial charge in [-0.25, -0.2) is 0 Å². The number of phenols is 1. The van der Waals surface area contributed by atoms with Gasteiger partial charge in [-0.05, 0) is 93.9 Å². The molecule has 1 rings (SSSR count). The second kappa shape index (κ2) is 31.5. The summed E-state index contributed by atoms with van der Waals surface area (Å²) in [5.41, 5.74) is 17.4. The van der Waals surface area contributed by atoms with Crippen molar-refractivity contribution in [1.82, 2.24) is 42.5 Å². The van der Waals surface area contributed by atoms with Crippen LogP contribution in [0.4, 0.5) is 0 Å². The number of aryl methyl sites for hydroxylation is 1. The van der Waals surface area contributed by atoms with Gasteiger partial charge in [-0.2, -0.15) is 0 Å². The zero-order chi connectivity index (χ0) is 55.9. The smallest absolute Gasteiger partial charge is 0.303 e. The number of carboxylic acids is 1. The number of phenolic OH excluding ortho intramolecular Hbond substituents is 1. The number of carboxylic acid groups (broad SMARTS) is 1. The van der Waals surface area contributed by atoms with Gasteiger partial charge in [0.1, 0.15) is 54.1 Å². The molecule has 25 heteroatoms. The van der Waals surface area contributed by atoms with Gasteiger partial charge >= 0.3 is 5.97 Å². The lowest BCUT2D eigenvalue weighted by Gasteiger charge is -2.29. The van der Waals surface area contributed by atoms with E-state index in [1.807, 2.05) is 0 Å². The molecule has 1 aromatic carbocycles. The van der Waals surface area contributed by atoms with Crippen molar-refractivity contribution in [2.75, 3.05) is 6.54 Å². The van der Waals surface area contributed by atoms with Crippen LogP contribution in [0.1, 0.15) is 118 Å². The first-order chi connectivity index (χ1) is 34.0. The molecule has 0 fully saturated rings. The number of rotatable bonds is 33. The number of aromatic hydroxyl groups is 1. The summed E-state index contributed by atoms with van der Waals surface area (Å²) in [5.74, 6) is -11.6. The third kappa shape index (κ3) is 23.9. The van der Waals surface area contributed by atoms with Crippen molar-refractivity contribution in [1.29, 1.82) is 0 Å². The number of amides is 10. The number of aliphatic hydroxyl groups is 1. The fraction of sp³-hybridized carbons (Fsp3) is 0.646. The highest BCUT2D eigenvalue weighted by molar-refractivity contribution is 5.99. The van der Waals surface area contributed by atoms with Crippen molar-refractivity contribution in [2.24, 2.45) is 35.0 Å². The molecule has 10 amide bonds. The van der Waals surface area contributed by atoms with E-state index in [4.69, 9.17) is 17.2 Å². The maximum Gasteiger partial charge on any atom is 0.303 e. The maximum atomic E-state index is 14.1. The van der Waals surface area contributed by atoms with Crippen LogP contribution in [0.5, 0.6) is 5.75 Å². The van der Waals surface area contributed by atoms with Gasteiger partial charge in [-0.1, -0.05) is 53.7 Å². The number of unbranched alkanes of at least 4 members (excludes halogenated alkanes) is 1. The van der Waals surface area contributed by atoms with Crippen molar-refractivity contribution in [3.8, 4) is 5.75 Å². The molecule has 0 aromatic heterocycles. The first-order valence-electron chi connectivity index (χ1n) is 24.3. The number of primary amides is 2. The SMILES string of the molecule is CC(=O)N[C@@H](CCCCN)C(=O)N[C@@H](CCC(=O)O)C(=O)N[C@@H](CC(C)C)C(=O)N[C@@H](CC(N)=O)C(=O)N[C@H](C(=O)N[C@@H](CC(C)C)C(=O)N[C@@H](Cc1ccc(O)c(C)c1)C(=O)N[C@H](C(N)=O)C(C)O)C(C)C. The number of nitrogens with two attached hydrogens (primary N) is 3. The zero-order valence-corrected chi connectivity index (χ0v) is 43.3. The monoisotopic (exact) mass is 1030 g/mol. The van der Waals surface area contributed by atoms with E-state index in [0.29, 0.717) is 30.5 Å². The zero-order valence-electron chi connectivity index (χ0n) is 43.3. The lowest BCUT2D eigenvalue weighted by Crippen LogP contribution is -2.62. The molecule has 0 aliphatic heterocycles. The summed E-state index contributed by atoms with van der Waals surface area (Å²) in [6.07, 6.45) is -2.29. The van der Waals surface area contributed by atoms with Gasteiger partial charge in [0, 0.05) is 19.8 Å². The molecule has 0 radical (unpaired) electrons. The van der Waals surface area contributed by atoms with Crippen molar-refractivity contribution in [3.63, 3.8) is 0 Å². The van der Waals surface area contributed by atoms with E-state index in [-0.39, 0.29) is 43.3 Å². The third-order valence-corrected chi connectivity index (χ3v) is 11.3. The van der Waals surface area contributed by atoms with E-state index in [0.717, 1.165) is 0 Å². The fourth-order valence-corrected chi connectivity index (χ4v) is 7.47. The number of nitrogens with one attached hydrogen (secondary N) is 8. The highest BCUT2D eigenvalue weighted by Crippen LogP contribution is 2.19. The molecule has 1 unspecified atom stereocenters. The summed E-state index contributed by atoms with van der Waals surface area (Å²) in [5, 5.41) is 49.6. The van der Waals surface area contributed by atoms with Gasteiger partial charge in [-0.15, -0.1) is 0 Å². The summed E-state index contributed by atoms with van der Waals surface area (Å²) in [6.45, 7) is 14.4. The van der Waals surface area contributed by atoms with Crippen molar-refractivity contribution < 1.29 is 68.1 Å². The highest BCUT2D eigenvalue weighted by atomic mass is 16.4. The Morgan fingerprint density at radius 1 is 0.575 bits per heavy atom. The lowest BCUT2D eigenvalue weighted by atomic mass is 9.98. The third-order valence-electron chi connectivity index (χ3n) is 11.3. The average molecular weight is 1030 g/mol. The molecular weight excluding hydrogens is 955 g/mol. The predicted octanol–water partition coefficient (Wildman–Crippen LogP) is -2.38. The van der Waals surface area contributed by atoms with Gasteiger partial charge < -0.3 is 75.1 Å². The Kier molecular flexibility index (Phi) is 27.7. The standard InChI is InChI=1S/C48H79N11O14/c1-23(2)18-32(54-43(68)31(14-16-38(64)65)53-42(67)30(52-28(9)61)12-10-11-17-49)44(69)56-35(22-37(50)63)47(72)58-39(25(5)6)48(73)57-33(19-24(3)4)45(70)55-34(21-29-13-15-36(62)26(7)20-29)46(71)59-40(27(8)60)41(51)66/h13,15,20,23-25,27,30-35,39-40,60,62H,10-12,14,16-19,21-22,49H2,1-9H3,(H2,50,63)(H2,51,66)(H,52,61)(H,53,67)(H,54,68)(H,55,70)(H,56,69)(H,57,73)(H,58,72)(H,59,71)(H,64,65)/t27?,30-,31-,32-,33-,34-,35-,39-,40-/m0/s1. The Morgan fingerprint density at radius 2 is 1.03 bits per heavy atom. The maximum absolute atomic E-state index is 14.1. The van der Waals surface area contributed by atoms with Crippen LogP contribution >= 0.6 is 0 Å². The van der Waals surface area contributed by atoms with Crippen LogP contribution in [0.3, 0.4) is 0 Å². The van der Waals surface area contributed by atoms with Crippen LogP contribution in [-0.4, -0.2) is 141 Å². The van der Waals surface area contributed by atoms with E-state index >= 15 is 0 Å². The Morgan fingerprint density at radius 3 is 1.48 bits per heavy atom. The number of aliphatic hydroxyl groups excluding tert-OH is 1. The second-order valence-electron chi connectivity index (χ2n) is 19.4. The average Bonchev–Trinajstić information content (AvgIpc) is 3.27. The molecular formula is C48H79N11O14. The Balaban J connectivity index is 3.50. The van der Waals surface area contributed by atoms with Gasteiger partial charge in [0.15, 0.2) is 0 Å². The molecule has 0 saturated heterocycles. The van der Waals surface area contributed by atoms with Crippen LogP contribution in [0.25, 0.3) is 0 Å². The van der Waals surface area contributed by atoms with Crippen LogP contribution < -0.4 is 59.7 Å². The van der Waals surface area contributed by atoms with Crippen LogP contribution in [-0.2, 0) is 59.2 Å². The van der Waals surface area contributed by atoms with E-state index in [1.54, 1.807) is 54.5 Å². The molecule has 73 heavy (non-hydrogen) atoms. The van der Waals surface area contributed by atoms with Gasteiger partial charge in [-0.3, -0.25) is 52.7 Å². The van der Waals surface area contributed by atoms with E-state index in [9.17, 15) is 68.1 Å². The molecule has 410 valence electrons. The summed E-state index contributed by atoms with van der Waals surface area (Å²) in [6, 6.07) is -7.03. The van der Waals surface area contributed by atoms with Crippen LogP contribution in [0, 0.1) is 24.7 Å². The van der Waals surface area contributed by atoms with Crippen LogP contribution in [0.2, 0.25) is 0 Å². The van der Waals surface area contributed by atoms with Crippen molar-refractivity contribution in [3.05, 3.63) is 29.3 Å². The number of hydrogen-bond donors (Lipinski definition) is 14. The number of carbonyl (C=O) groups excluding carboxylic acids is 10. The molecule has 1 aromatic rings. The fourth-order valence-electron chi connectivity index (χ4n) is 7.47. The van der Waals surface area contributed by atoms with Gasteiger partial charge in [0.05, 0.1) is 12.5 Å². The van der Waals surface area contributed by atoms with E-state index in [2.05, 4.69) is 42.5 Å². The molecule has 0 saturated carbocycles. The first-order valence-corrected chi connectivity index (χ1v) is 24.3. The Labute approximate surface area is 425 Å². The number of benzene rings is 1. The number of aliphatic carboxylic acids is 1. The second-order valence-corrected chi connectivity index (χ2v) is 19.4. The van der Waals surface area contributed by atoms with E-state index in [1.165, 1.54) is 26.0 Å². The molecule has 0 bridgehead atoms. The summed E-state index contributed by atoms with van der Waals surface area (Å²) in [4.78, 5) is 145. The normalized spacial score (nSPS) is 14.9. The quantitative estimate of drug-likeness (QED) is 0.0327. The molecule has 0 spiro atoms. The molecule has 25 nitrogen and oxygen atoms in total. The molecule has 0 aliphatic carbocycles. The number of hydrogen-bond acceptors (Lipinski definition) is 14. The van der Waals surface area contributed by atoms with Gasteiger partial charge in [0.2, 0.25) is 59.1 Å². The Hall–Kier alpha value is -6.89. The molecule has 17 N–H and O–H groups in total. The summed E-state index contributed by atoms with van der Waals surface area (Å²) in [7, 11) is 0. The van der Waals surface area contributed by atoms with Gasteiger partial charge in [0.25, 0.3) is 0 Å². The summed E-state index contributed by atoms with van der Waals surface area (Å²) < 4.78 is 0. The molecule has 0 heterocycles. The highest BCUT2D eigenvalue weighted by Gasteiger charge is 2.37. The minimum absolute atomic E-state index is 0.00934. The first kappa shape index (κ1) is 64.1. The lowest BCUT2D eigenvalue weighted by molar-refractivity contribution is -0.139. The predicted molar refractivity (Wildman–Crippen MR) is 266 cm³/mol. The van der Waals surface area contributed by atoms with Crippen molar-refractivity contribution in [2.45, 2.75) is 175 Å². The molecule has 9 atom stereocenters. The minimum atomic E-state index is -1.73. The largest absolute Gasteiger partial charge is 0.508 e. The van der Waals surface area contributed by atoms with E-state index < -0.39 is 145 Å². The van der Waals surface area contributed by atoms with Crippen LogP contribution in [0.15, 0.2) is 18.2 Å². The topological polar surface area (TPSA) is 423 Å². The summed E-state index contributed by atoms with van der Waals surface area (Å²) >= 11 is 0.